The molecule has 0 saturated carbocycles. The van der Waals surface area contributed by atoms with Gasteiger partial charge in [-0.3, -0.25) is 0 Å². The van der Waals surface area contributed by atoms with E-state index >= 15 is 0 Å². The van der Waals surface area contributed by atoms with E-state index in [-0.39, 0.29) is 29.3 Å². The summed E-state index contributed by atoms with van der Waals surface area (Å²) in [6.07, 6.45) is 4.25. The van der Waals surface area contributed by atoms with Crippen molar-refractivity contribution < 1.29 is 26.0 Å². The van der Waals surface area contributed by atoms with Gasteiger partial charge in [-0.15, -0.1) is 0 Å². The lowest BCUT2D eigenvalue weighted by Crippen LogP contribution is -2.28. The number of rotatable bonds is 6. The number of nitrogens with zero attached hydrogens (tertiary/aromatic N) is 3. The topological polar surface area (TPSA) is 98.6 Å². The maximum absolute atomic E-state index is 14.2. The molecule has 0 fully saturated rings. The molecule has 5 rings (SSSR count). The third-order valence-electron chi connectivity index (χ3n) is 6.08. The number of benzene rings is 2. The van der Waals surface area contributed by atoms with Crippen LogP contribution in [-0.4, -0.2) is 56.6 Å². The van der Waals surface area contributed by atoms with Crippen molar-refractivity contribution >= 4 is 36.7 Å². The first-order chi connectivity index (χ1) is 17.1. The molecule has 0 amide bonds. The highest BCUT2D eigenvalue weighted by Crippen LogP contribution is 2.39. The summed E-state index contributed by atoms with van der Waals surface area (Å²) in [5.74, 6) is -0.0675. The standard InChI is InChI=1S/C25H22FN3O5S2/c1-34-24-9-8-18(26)14-21(24)20-10-12-27-25-22(20)15-23(17-11-13-28(16-17)35(2,30)31)29(25)36(32,33)19-6-4-3-5-7-19/h3-12,14-15H,13,16H2,1-2H3. The quantitative estimate of drug-likeness (QED) is 0.379. The molecule has 0 aliphatic carbocycles. The summed E-state index contributed by atoms with van der Waals surface area (Å²) < 4.78 is 74.0. The van der Waals surface area contributed by atoms with Crippen LogP contribution in [0.5, 0.6) is 5.75 Å². The van der Waals surface area contributed by atoms with Crippen LogP contribution in [0.1, 0.15) is 5.69 Å². The molecule has 2 aromatic carbocycles. The van der Waals surface area contributed by atoms with E-state index in [9.17, 15) is 21.2 Å². The molecule has 0 N–H and O–H groups in total. The third kappa shape index (κ3) is 4.08. The predicted molar refractivity (Wildman–Crippen MR) is 135 cm³/mol. The van der Waals surface area contributed by atoms with E-state index in [1.165, 1.54) is 47.9 Å². The molecule has 0 spiro atoms. The maximum Gasteiger partial charge on any atom is 0.269 e. The molecule has 0 saturated heterocycles. The second kappa shape index (κ2) is 8.84. The van der Waals surface area contributed by atoms with Crippen LogP contribution in [0.2, 0.25) is 0 Å². The van der Waals surface area contributed by atoms with E-state index in [0.29, 0.717) is 27.8 Å². The van der Waals surface area contributed by atoms with Crippen molar-refractivity contribution in [2.45, 2.75) is 4.90 Å². The van der Waals surface area contributed by atoms with Gasteiger partial charge in [0.05, 0.1) is 24.0 Å². The van der Waals surface area contributed by atoms with Crippen LogP contribution < -0.4 is 4.74 Å². The van der Waals surface area contributed by atoms with Crippen LogP contribution in [-0.2, 0) is 20.0 Å². The Labute approximate surface area is 208 Å². The molecular weight excluding hydrogens is 505 g/mol. The van der Waals surface area contributed by atoms with Crippen molar-refractivity contribution in [3.05, 3.63) is 84.4 Å². The Balaban J connectivity index is 1.81. The van der Waals surface area contributed by atoms with Gasteiger partial charge in [0.1, 0.15) is 11.6 Å². The molecule has 0 atom stereocenters. The average molecular weight is 528 g/mol. The lowest BCUT2D eigenvalue weighted by Gasteiger charge is -2.15. The largest absolute Gasteiger partial charge is 0.496 e. The zero-order chi connectivity index (χ0) is 25.7. The summed E-state index contributed by atoms with van der Waals surface area (Å²) >= 11 is 0. The molecule has 2 aromatic heterocycles. The number of pyridine rings is 1. The van der Waals surface area contributed by atoms with Gasteiger partial charge < -0.3 is 4.74 Å². The average Bonchev–Trinajstić information content (AvgIpc) is 3.50. The first-order valence-corrected chi connectivity index (χ1v) is 14.2. The van der Waals surface area contributed by atoms with Gasteiger partial charge in [-0.2, -0.15) is 4.31 Å². The van der Waals surface area contributed by atoms with Gasteiger partial charge in [-0.25, -0.2) is 30.2 Å². The Bertz CT molecular complexity index is 1730. The van der Waals surface area contributed by atoms with Crippen molar-refractivity contribution in [1.82, 2.24) is 13.3 Å². The SMILES string of the molecule is COc1ccc(F)cc1-c1ccnc2c1cc(C1=CCN(S(C)(=O)=O)C1)n2S(=O)(=O)c1ccccc1. The minimum atomic E-state index is -4.13. The smallest absolute Gasteiger partial charge is 0.269 e. The summed E-state index contributed by atoms with van der Waals surface area (Å²) in [4.78, 5) is 4.44. The highest BCUT2D eigenvalue weighted by atomic mass is 32.2. The van der Waals surface area contributed by atoms with E-state index in [2.05, 4.69) is 4.98 Å². The van der Waals surface area contributed by atoms with Gasteiger partial charge in [-0.05, 0) is 53.6 Å². The van der Waals surface area contributed by atoms with Crippen LogP contribution in [0, 0.1) is 5.82 Å². The van der Waals surface area contributed by atoms with Gasteiger partial charge in [0.15, 0.2) is 5.65 Å². The highest BCUT2D eigenvalue weighted by Gasteiger charge is 2.31. The van der Waals surface area contributed by atoms with Crippen molar-refractivity contribution in [3.8, 4) is 16.9 Å². The van der Waals surface area contributed by atoms with Gasteiger partial charge in [0, 0.05) is 30.2 Å². The van der Waals surface area contributed by atoms with Crippen LogP contribution in [0.15, 0.2) is 77.8 Å². The third-order valence-corrected chi connectivity index (χ3v) is 9.01. The Kier molecular flexibility index (Phi) is 5.93. The number of sulfonamides is 1. The van der Waals surface area contributed by atoms with E-state index in [1.54, 1.807) is 36.4 Å². The predicted octanol–water partition coefficient (Wildman–Crippen LogP) is 3.75. The van der Waals surface area contributed by atoms with Crippen molar-refractivity contribution in [2.24, 2.45) is 0 Å². The molecule has 1 aliphatic heterocycles. The van der Waals surface area contributed by atoms with Gasteiger partial charge in [-0.1, -0.05) is 24.3 Å². The monoisotopic (exact) mass is 527 g/mol. The number of fused-ring (bicyclic) bond motifs is 1. The minimum absolute atomic E-state index is 0.0120. The van der Waals surface area contributed by atoms with Crippen LogP contribution in [0.3, 0.4) is 0 Å². The Morgan fingerprint density at radius 2 is 1.72 bits per heavy atom. The second-order valence-electron chi connectivity index (χ2n) is 8.34. The first kappa shape index (κ1) is 24.2. The van der Waals surface area contributed by atoms with Gasteiger partial charge >= 0.3 is 0 Å². The van der Waals surface area contributed by atoms with Crippen molar-refractivity contribution in [1.29, 1.82) is 0 Å². The Morgan fingerprint density at radius 1 is 0.972 bits per heavy atom. The zero-order valence-electron chi connectivity index (χ0n) is 19.4. The summed E-state index contributed by atoms with van der Waals surface area (Å²) in [7, 11) is -6.15. The summed E-state index contributed by atoms with van der Waals surface area (Å²) in [6, 6.07) is 15.3. The van der Waals surface area contributed by atoms with Crippen LogP contribution >= 0.6 is 0 Å². The molecule has 0 bridgehead atoms. The fourth-order valence-corrected chi connectivity index (χ4v) is 6.57. The van der Waals surface area contributed by atoms with Gasteiger partial charge in [0.25, 0.3) is 10.0 Å². The van der Waals surface area contributed by atoms with Gasteiger partial charge in [0.2, 0.25) is 10.0 Å². The fourth-order valence-electron chi connectivity index (χ4n) is 4.33. The fraction of sp³-hybridized carbons (Fsp3) is 0.160. The van der Waals surface area contributed by atoms with Crippen molar-refractivity contribution in [2.75, 3.05) is 26.5 Å². The number of methoxy groups -OCH3 is 1. The first-order valence-electron chi connectivity index (χ1n) is 10.9. The van der Waals surface area contributed by atoms with E-state index in [0.717, 1.165) is 10.2 Å². The summed E-state index contributed by atoms with van der Waals surface area (Å²) in [6.45, 7) is 0.136. The van der Waals surface area contributed by atoms with Crippen LogP contribution in [0.25, 0.3) is 27.7 Å². The van der Waals surface area contributed by atoms with Crippen molar-refractivity contribution in [3.63, 3.8) is 0 Å². The second-order valence-corrected chi connectivity index (χ2v) is 12.1. The number of hydrogen-bond acceptors (Lipinski definition) is 6. The number of ether oxygens (including phenoxy) is 1. The highest BCUT2D eigenvalue weighted by molar-refractivity contribution is 7.90. The number of hydrogen-bond donors (Lipinski definition) is 0. The summed E-state index contributed by atoms with van der Waals surface area (Å²) in [5.41, 5.74) is 1.91. The normalized spacial score (nSPS) is 14.8. The zero-order valence-corrected chi connectivity index (χ0v) is 21.1. The number of halogens is 1. The lowest BCUT2D eigenvalue weighted by atomic mass is 10.0. The lowest BCUT2D eigenvalue weighted by molar-refractivity contribution is 0.415. The molecule has 8 nitrogen and oxygen atoms in total. The molecule has 0 unspecified atom stereocenters. The molecule has 1 aliphatic rings. The minimum Gasteiger partial charge on any atom is -0.496 e. The van der Waals surface area contributed by atoms with E-state index in [1.807, 2.05) is 0 Å². The molecule has 36 heavy (non-hydrogen) atoms. The maximum atomic E-state index is 14.2. The number of aromatic nitrogens is 2. The molecule has 3 heterocycles. The van der Waals surface area contributed by atoms with E-state index < -0.39 is 25.9 Å². The Morgan fingerprint density at radius 3 is 2.39 bits per heavy atom. The van der Waals surface area contributed by atoms with E-state index in [4.69, 9.17) is 4.74 Å². The molecule has 11 heteroatoms. The summed E-state index contributed by atoms with van der Waals surface area (Å²) in [5, 5.41) is 0.453. The van der Waals surface area contributed by atoms with Crippen LogP contribution in [0.4, 0.5) is 4.39 Å². The molecular formula is C25H22FN3O5S2. The Hall–Kier alpha value is -3.54. The molecule has 186 valence electrons. The molecule has 0 radical (unpaired) electrons. The molecule has 4 aromatic rings.